The predicted octanol–water partition coefficient (Wildman–Crippen LogP) is 2.98. The van der Waals surface area contributed by atoms with E-state index >= 15 is 0 Å². The molecule has 18 heavy (non-hydrogen) atoms. The van der Waals surface area contributed by atoms with E-state index in [2.05, 4.69) is 4.90 Å². The molecule has 2 aliphatic rings. The van der Waals surface area contributed by atoms with Crippen molar-refractivity contribution in [3.05, 3.63) is 0 Å². The molecule has 2 unspecified atom stereocenters. The number of nitrogens with zero attached hydrogens (tertiary/aromatic N) is 1. The van der Waals surface area contributed by atoms with Crippen LogP contribution in [0.3, 0.4) is 0 Å². The zero-order valence-corrected chi connectivity index (χ0v) is 11.7. The molecule has 0 spiro atoms. The van der Waals surface area contributed by atoms with Crippen molar-refractivity contribution in [3.8, 4) is 0 Å². The van der Waals surface area contributed by atoms with Crippen molar-refractivity contribution in [2.24, 2.45) is 5.92 Å². The van der Waals surface area contributed by atoms with Gasteiger partial charge < -0.3 is 9.64 Å². The van der Waals surface area contributed by atoms with Crippen molar-refractivity contribution in [1.29, 1.82) is 0 Å². The highest BCUT2D eigenvalue weighted by atomic mass is 16.5. The van der Waals surface area contributed by atoms with Gasteiger partial charge in [0.05, 0.1) is 6.61 Å². The Hall–Kier alpha value is -0.570. The number of rotatable bonds is 5. The van der Waals surface area contributed by atoms with Crippen LogP contribution in [0.15, 0.2) is 0 Å². The van der Waals surface area contributed by atoms with Crippen molar-refractivity contribution in [2.45, 2.75) is 64.3 Å². The van der Waals surface area contributed by atoms with Gasteiger partial charge in [-0.1, -0.05) is 12.8 Å². The summed E-state index contributed by atoms with van der Waals surface area (Å²) in [5.41, 5.74) is 0. The second-order valence-corrected chi connectivity index (χ2v) is 5.70. The molecule has 2 rings (SSSR count). The van der Waals surface area contributed by atoms with E-state index < -0.39 is 0 Å². The summed E-state index contributed by atoms with van der Waals surface area (Å²) < 4.78 is 4.98. The number of esters is 1. The number of carbonyl (C=O) groups excluding carboxylic acids is 1. The molecule has 0 aromatic carbocycles. The van der Waals surface area contributed by atoms with Crippen LogP contribution in [-0.2, 0) is 9.53 Å². The molecule has 1 heterocycles. The normalized spacial score (nSPS) is 28.7. The van der Waals surface area contributed by atoms with Gasteiger partial charge in [0.1, 0.15) is 0 Å². The minimum Gasteiger partial charge on any atom is -0.466 e. The molecule has 3 nitrogen and oxygen atoms in total. The second-order valence-electron chi connectivity index (χ2n) is 5.70. The summed E-state index contributed by atoms with van der Waals surface area (Å²) in [5, 5.41) is 0. The van der Waals surface area contributed by atoms with Crippen molar-refractivity contribution in [3.63, 3.8) is 0 Å². The molecule has 3 heteroatoms. The Labute approximate surface area is 111 Å². The monoisotopic (exact) mass is 253 g/mol. The zero-order valence-electron chi connectivity index (χ0n) is 11.7. The molecule has 1 saturated heterocycles. The van der Waals surface area contributed by atoms with E-state index in [0.717, 1.165) is 24.9 Å². The van der Waals surface area contributed by atoms with Gasteiger partial charge in [0.2, 0.25) is 0 Å². The molecule has 1 aliphatic heterocycles. The van der Waals surface area contributed by atoms with E-state index in [1.54, 1.807) is 0 Å². The molecule has 1 saturated carbocycles. The van der Waals surface area contributed by atoms with Gasteiger partial charge in [0.25, 0.3) is 0 Å². The van der Waals surface area contributed by atoms with Crippen LogP contribution in [0.4, 0.5) is 0 Å². The highest BCUT2D eigenvalue weighted by molar-refractivity contribution is 5.69. The first-order chi connectivity index (χ1) is 8.81. The van der Waals surface area contributed by atoms with Crippen LogP contribution in [0.2, 0.25) is 0 Å². The molecule has 2 atom stereocenters. The Morgan fingerprint density at radius 1 is 1.22 bits per heavy atom. The topological polar surface area (TPSA) is 29.5 Å². The number of hydrogen-bond acceptors (Lipinski definition) is 3. The largest absolute Gasteiger partial charge is 0.466 e. The Kier molecular flexibility index (Phi) is 5.48. The highest BCUT2D eigenvalue weighted by Gasteiger charge is 2.32. The Morgan fingerprint density at radius 2 is 2.00 bits per heavy atom. The van der Waals surface area contributed by atoms with Crippen molar-refractivity contribution >= 4 is 5.97 Å². The van der Waals surface area contributed by atoms with E-state index in [1.165, 1.54) is 45.1 Å². The lowest BCUT2D eigenvalue weighted by atomic mass is 9.78. The summed E-state index contributed by atoms with van der Waals surface area (Å²) in [6.07, 6.45) is 9.96. The van der Waals surface area contributed by atoms with Crippen molar-refractivity contribution < 1.29 is 9.53 Å². The second kappa shape index (κ2) is 7.13. The molecule has 0 N–H and O–H groups in total. The number of piperidine rings is 1. The van der Waals surface area contributed by atoms with E-state index in [4.69, 9.17) is 4.74 Å². The molecule has 0 amide bonds. The van der Waals surface area contributed by atoms with Crippen molar-refractivity contribution in [1.82, 2.24) is 4.90 Å². The lowest BCUT2D eigenvalue weighted by Gasteiger charge is -2.44. The maximum absolute atomic E-state index is 11.3. The molecule has 1 aliphatic carbocycles. The fourth-order valence-corrected chi connectivity index (χ4v) is 3.67. The van der Waals surface area contributed by atoms with Gasteiger partial charge >= 0.3 is 5.97 Å². The van der Waals surface area contributed by atoms with Crippen LogP contribution in [0.1, 0.15) is 58.3 Å². The molecular weight excluding hydrogens is 226 g/mol. The minimum atomic E-state index is -0.0327. The summed E-state index contributed by atoms with van der Waals surface area (Å²) >= 11 is 0. The maximum Gasteiger partial charge on any atom is 0.305 e. The van der Waals surface area contributed by atoms with Gasteiger partial charge in [-0.05, 0) is 58.0 Å². The van der Waals surface area contributed by atoms with E-state index in [-0.39, 0.29) is 5.97 Å². The average molecular weight is 253 g/mol. The fraction of sp³-hybridized carbons (Fsp3) is 0.933. The Balaban J connectivity index is 1.72. The van der Waals surface area contributed by atoms with Crippen LogP contribution in [0.25, 0.3) is 0 Å². The summed E-state index contributed by atoms with van der Waals surface area (Å²) in [6.45, 7) is 4.70. The lowest BCUT2D eigenvalue weighted by Crippen LogP contribution is -2.47. The van der Waals surface area contributed by atoms with Crippen LogP contribution < -0.4 is 0 Å². The van der Waals surface area contributed by atoms with Crippen LogP contribution in [-0.4, -0.2) is 36.6 Å². The molecule has 0 aromatic heterocycles. The first kappa shape index (κ1) is 13.9. The van der Waals surface area contributed by atoms with Crippen LogP contribution in [0, 0.1) is 5.92 Å². The lowest BCUT2D eigenvalue weighted by molar-refractivity contribution is -0.143. The molecule has 0 radical (unpaired) electrons. The standard InChI is InChI=1S/C15H27NO2/c1-2-18-15(17)10-6-12-16-11-5-8-13-7-3-4-9-14(13)16/h13-14H,2-12H2,1H3. The van der Waals surface area contributed by atoms with Crippen LogP contribution in [0.5, 0.6) is 0 Å². The third-order valence-electron chi connectivity index (χ3n) is 4.49. The molecule has 2 fully saturated rings. The number of hydrogen-bond donors (Lipinski definition) is 0. The van der Waals surface area contributed by atoms with Gasteiger partial charge in [-0.25, -0.2) is 0 Å². The van der Waals surface area contributed by atoms with Gasteiger partial charge in [-0.15, -0.1) is 0 Å². The third-order valence-corrected chi connectivity index (χ3v) is 4.49. The molecule has 0 bridgehead atoms. The van der Waals surface area contributed by atoms with E-state index in [9.17, 15) is 4.79 Å². The third kappa shape index (κ3) is 3.71. The van der Waals surface area contributed by atoms with Crippen molar-refractivity contribution in [2.75, 3.05) is 19.7 Å². The van der Waals surface area contributed by atoms with Gasteiger partial charge in [0.15, 0.2) is 0 Å². The summed E-state index contributed by atoms with van der Waals surface area (Å²) in [4.78, 5) is 14.0. The quantitative estimate of drug-likeness (QED) is 0.705. The fourth-order valence-electron chi connectivity index (χ4n) is 3.67. The number of ether oxygens (including phenoxy) is 1. The first-order valence-corrected chi connectivity index (χ1v) is 7.71. The van der Waals surface area contributed by atoms with E-state index in [0.29, 0.717) is 13.0 Å². The van der Waals surface area contributed by atoms with Crippen LogP contribution >= 0.6 is 0 Å². The smallest absolute Gasteiger partial charge is 0.305 e. The SMILES string of the molecule is CCOC(=O)CCCN1CCCC2CCCCC21. The summed E-state index contributed by atoms with van der Waals surface area (Å²) in [5.74, 6) is 0.907. The zero-order chi connectivity index (χ0) is 12.8. The first-order valence-electron chi connectivity index (χ1n) is 7.71. The van der Waals surface area contributed by atoms with Gasteiger partial charge in [0, 0.05) is 12.5 Å². The summed E-state index contributed by atoms with van der Waals surface area (Å²) in [7, 11) is 0. The van der Waals surface area contributed by atoms with Gasteiger partial charge in [-0.2, -0.15) is 0 Å². The number of fused-ring (bicyclic) bond motifs is 1. The maximum atomic E-state index is 11.3. The van der Waals surface area contributed by atoms with Gasteiger partial charge in [-0.3, -0.25) is 4.79 Å². The Bertz CT molecular complexity index is 265. The molecule has 104 valence electrons. The Morgan fingerprint density at radius 3 is 2.83 bits per heavy atom. The number of carbonyl (C=O) groups is 1. The molecule has 0 aromatic rings. The highest BCUT2D eigenvalue weighted by Crippen LogP contribution is 2.35. The van der Waals surface area contributed by atoms with E-state index in [1.807, 2.05) is 6.92 Å². The summed E-state index contributed by atoms with van der Waals surface area (Å²) in [6, 6.07) is 0.815. The molecular formula is C15H27NO2. The predicted molar refractivity (Wildman–Crippen MR) is 72.4 cm³/mol. The minimum absolute atomic E-state index is 0.0327. The average Bonchev–Trinajstić information content (AvgIpc) is 2.39. The number of likely N-dealkylation sites (tertiary alicyclic amines) is 1.